The number of fused-ring (bicyclic) bond motifs is 1. The van der Waals surface area contributed by atoms with E-state index in [0.717, 1.165) is 49.0 Å². The van der Waals surface area contributed by atoms with Crippen molar-refractivity contribution in [2.24, 2.45) is 5.10 Å². The first-order chi connectivity index (χ1) is 16.5. The Balaban J connectivity index is 1.72. The summed E-state index contributed by atoms with van der Waals surface area (Å²) in [5.41, 5.74) is 6.83. The van der Waals surface area contributed by atoms with E-state index in [1.54, 1.807) is 5.01 Å². The van der Waals surface area contributed by atoms with Crippen LogP contribution in [0.15, 0.2) is 82.4 Å². The van der Waals surface area contributed by atoms with E-state index < -0.39 is 0 Å². The van der Waals surface area contributed by atoms with Crippen molar-refractivity contribution >= 4 is 50.1 Å². The van der Waals surface area contributed by atoms with E-state index >= 15 is 0 Å². The number of halogens is 2. The Bertz CT molecular complexity index is 1430. The molecule has 6 heteroatoms. The van der Waals surface area contributed by atoms with E-state index in [1.807, 2.05) is 68.4 Å². The number of aromatic nitrogens is 1. The van der Waals surface area contributed by atoms with Crippen molar-refractivity contribution in [3.05, 3.63) is 99.1 Å². The van der Waals surface area contributed by atoms with Gasteiger partial charge in [0.25, 0.3) is 0 Å². The van der Waals surface area contributed by atoms with E-state index in [1.165, 1.54) is 0 Å². The Kier molecular flexibility index (Phi) is 6.24. The van der Waals surface area contributed by atoms with E-state index in [4.69, 9.17) is 21.7 Å². The summed E-state index contributed by atoms with van der Waals surface area (Å²) in [6, 6.07) is 23.9. The fourth-order valence-corrected chi connectivity index (χ4v) is 5.17. The van der Waals surface area contributed by atoms with Crippen molar-refractivity contribution in [3.8, 4) is 11.1 Å². The van der Waals surface area contributed by atoms with Crippen molar-refractivity contribution in [2.45, 2.75) is 32.7 Å². The molecule has 0 aliphatic carbocycles. The molecule has 0 fully saturated rings. The molecule has 0 N–H and O–H groups in total. The number of pyridine rings is 1. The van der Waals surface area contributed by atoms with E-state index in [9.17, 15) is 4.79 Å². The maximum Gasteiger partial charge on any atom is 0.242 e. The van der Waals surface area contributed by atoms with Gasteiger partial charge in [0.2, 0.25) is 5.91 Å². The van der Waals surface area contributed by atoms with Crippen molar-refractivity contribution in [1.29, 1.82) is 0 Å². The number of carbonyl (C=O) groups is 1. The molecule has 1 atom stereocenters. The summed E-state index contributed by atoms with van der Waals surface area (Å²) in [5, 5.41) is 8.29. The van der Waals surface area contributed by atoms with Gasteiger partial charge in [-0.05, 0) is 48.4 Å². The van der Waals surface area contributed by atoms with Crippen LogP contribution in [0.25, 0.3) is 22.0 Å². The molecule has 4 aromatic rings. The van der Waals surface area contributed by atoms with Gasteiger partial charge in [0.1, 0.15) is 0 Å². The van der Waals surface area contributed by atoms with Crippen molar-refractivity contribution in [1.82, 2.24) is 9.99 Å². The Morgan fingerprint density at radius 3 is 2.56 bits per heavy atom. The lowest BCUT2D eigenvalue weighted by Crippen LogP contribution is -2.26. The third-order valence-corrected chi connectivity index (χ3v) is 6.94. The average Bonchev–Trinajstić information content (AvgIpc) is 3.28. The summed E-state index contributed by atoms with van der Waals surface area (Å²) in [4.78, 5) is 17.8. The predicted octanol–water partition coefficient (Wildman–Crippen LogP) is 7.71. The largest absolute Gasteiger partial charge is 0.273 e. The molecule has 1 amide bonds. The van der Waals surface area contributed by atoms with E-state index in [2.05, 4.69) is 34.1 Å². The van der Waals surface area contributed by atoms with Crippen LogP contribution in [-0.2, 0) is 4.79 Å². The van der Waals surface area contributed by atoms with E-state index in [-0.39, 0.29) is 11.9 Å². The molecule has 0 bridgehead atoms. The minimum atomic E-state index is -0.163. The number of benzene rings is 3. The molecule has 34 heavy (non-hydrogen) atoms. The van der Waals surface area contributed by atoms with Gasteiger partial charge >= 0.3 is 0 Å². The number of hydrogen-bond acceptors (Lipinski definition) is 3. The van der Waals surface area contributed by atoms with E-state index in [0.29, 0.717) is 17.9 Å². The monoisotopic (exact) mass is 531 g/mol. The number of hydrazone groups is 1. The highest BCUT2D eigenvalue weighted by Crippen LogP contribution is 2.40. The number of para-hydroxylation sites is 1. The molecule has 0 saturated carbocycles. The van der Waals surface area contributed by atoms with Crippen LogP contribution in [0.3, 0.4) is 0 Å². The summed E-state index contributed by atoms with van der Waals surface area (Å²) >= 11 is 9.77. The molecule has 3 aromatic carbocycles. The van der Waals surface area contributed by atoms with Crippen LogP contribution in [-0.4, -0.2) is 21.6 Å². The highest BCUT2D eigenvalue weighted by atomic mass is 79.9. The van der Waals surface area contributed by atoms with Gasteiger partial charge in [-0.15, -0.1) is 0 Å². The summed E-state index contributed by atoms with van der Waals surface area (Å²) in [6.07, 6.45) is 1.00. The van der Waals surface area contributed by atoms with Crippen LogP contribution in [0.5, 0.6) is 0 Å². The molecular weight excluding hydrogens is 510 g/mol. The summed E-state index contributed by atoms with van der Waals surface area (Å²) in [6.45, 7) is 3.89. The van der Waals surface area contributed by atoms with Crippen LogP contribution in [0, 0.1) is 6.92 Å². The number of amides is 1. The zero-order chi connectivity index (χ0) is 23.8. The van der Waals surface area contributed by atoms with Crippen molar-refractivity contribution in [3.63, 3.8) is 0 Å². The zero-order valence-corrected chi connectivity index (χ0v) is 21.3. The molecule has 1 aliphatic heterocycles. The van der Waals surface area contributed by atoms with Gasteiger partial charge in [0, 0.05) is 44.5 Å². The summed E-state index contributed by atoms with van der Waals surface area (Å²) < 4.78 is 0.979. The molecular formula is C28H23BrClN3O. The number of hydrogen-bond donors (Lipinski definition) is 0. The molecule has 0 saturated heterocycles. The highest BCUT2D eigenvalue weighted by Gasteiger charge is 2.34. The Morgan fingerprint density at radius 1 is 1.06 bits per heavy atom. The first kappa shape index (κ1) is 22.8. The quantitative estimate of drug-likeness (QED) is 0.270. The average molecular weight is 533 g/mol. The van der Waals surface area contributed by atoms with Crippen LogP contribution < -0.4 is 0 Å². The first-order valence-corrected chi connectivity index (χ1v) is 12.4. The third-order valence-electron chi connectivity index (χ3n) is 6.20. The normalized spacial score (nSPS) is 15.6. The molecule has 4 nitrogen and oxygen atoms in total. The molecule has 5 rings (SSSR count). The molecule has 1 aromatic heterocycles. The lowest BCUT2D eigenvalue weighted by molar-refractivity contribution is -0.132. The topological polar surface area (TPSA) is 45.6 Å². The van der Waals surface area contributed by atoms with Gasteiger partial charge in [0.05, 0.1) is 17.3 Å². The number of carbonyl (C=O) groups excluding carboxylic acids is 1. The van der Waals surface area contributed by atoms with Crippen LogP contribution in [0.2, 0.25) is 5.02 Å². The fraction of sp³-hybridized carbons (Fsp3) is 0.179. The molecule has 170 valence electrons. The molecule has 1 aliphatic rings. The van der Waals surface area contributed by atoms with Gasteiger partial charge < -0.3 is 0 Å². The second-order valence-corrected chi connectivity index (χ2v) is 9.74. The number of rotatable bonds is 4. The smallest absolute Gasteiger partial charge is 0.242 e. The lowest BCUT2D eigenvalue weighted by Gasteiger charge is -2.21. The Hall–Kier alpha value is -3.02. The van der Waals surface area contributed by atoms with Gasteiger partial charge in [-0.1, -0.05) is 76.9 Å². The van der Waals surface area contributed by atoms with Crippen LogP contribution in [0.4, 0.5) is 0 Å². The fourth-order valence-electron chi connectivity index (χ4n) is 4.63. The lowest BCUT2D eigenvalue weighted by atomic mass is 9.89. The van der Waals surface area contributed by atoms with Gasteiger partial charge in [0.15, 0.2) is 0 Å². The van der Waals surface area contributed by atoms with Crippen LogP contribution in [0.1, 0.15) is 42.6 Å². The third kappa shape index (κ3) is 4.15. The SMILES string of the molecule is CCC(=O)N1N=C(c2c(C)nc3ccccc3c2-c2ccc(Cl)cc2)C[C@@H]1c1cccc(Br)c1. The summed E-state index contributed by atoms with van der Waals surface area (Å²) in [5.74, 6) is -0.000537. The van der Waals surface area contributed by atoms with Crippen LogP contribution >= 0.6 is 27.5 Å². The predicted molar refractivity (Wildman–Crippen MR) is 142 cm³/mol. The van der Waals surface area contributed by atoms with Crippen molar-refractivity contribution in [2.75, 3.05) is 0 Å². The van der Waals surface area contributed by atoms with Crippen molar-refractivity contribution < 1.29 is 4.79 Å². The second kappa shape index (κ2) is 9.32. The zero-order valence-electron chi connectivity index (χ0n) is 18.9. The minimum Gasteiger partial charge on any atom is -0.273 e. The van der Waals surface area contributed by atoms with Gasteiger partial charge in [-0.3, -0.25) is 9.78 Å². The number of nitrogens with zero attached hydrogens (tertiary/aromatic N) is 3. The van der Waals surface area contributed by atoms with Gasteiger partial charge in [-0.2, -0.15) is 5.10 Å². The standard InChI is InChI=1S/C28H23BrClN3O/c1-3-26(34)33-25(19-7-6-8-20(29)15-19)16-24(32-33)27-17(2)31-23-10-5-4-9-22(23)28(27)18-11-13-21(30)14-12-18/h4-15,25H,3,16H2,1-2H3/t25-/m1/s1. The molecule has 0 unspecified atom stereocenters. The maximum atomic E-state index is 12.9. The summed E-state index contributed by atoms with van der Waals surface area (Å²) in [7, 11) is 0. The molecule has 0 spiro atoms. The first-order valence-electron chi connectivity index (χ1n) is 11.3. The minimum absolute atomic E-state index is 0.000537. The maximum absolute atomic E-state index is 12.9. The highest BCUT2D eigenvalue weighted by molar-refractivity contribution is 9.10. The van der Waals surface area contributed by atoms with Gasteiger partial charge in [-0.25, -0.2) is 5.01 Å². The molecule has 2 heterocycles. The Morgan fingerprint density at radius 2 is 1.82 bits per heavy atom. The Labute approximate surface area is 212 Å². The molecule has 0 radical (unpaired) electrons. The number of aryl methyl sites for hydroxylation is 1. The second-order valence-electron chi connectivity index (χ2n) is 8.38.